The van der Waals surface area contributed by atoms with Gasteiger partial charge in [0.05, 0.1) is 25.9 Å². The average Bonchev–Trinajstić information content (AvgIpc) is 2.41. The third kappa shape index (κ3) is 2.50. The monoisotopic (exact) mass is 265 g/mol. The topological polar surface area (TPSA) is 41.9 Å². The molecule has 1 aliphatic rings. The highest BCUT2D eigenvalue weighted by molar-refractivity contribution is 5.58. The maximum atomic E-state index is 10.2. The maximum absolute atomic E-state index is 10.2. The highest BCUT2D eigenvalue weighted by atomic mass is 16.5. The second kappa shape index (κ2) is 5.29. The van der Waals surface area contributed by atoms with Crippen LogP contribution in [0.25, 0.3) is 0 Å². The Hall–Kier alpha value is -1.42. The molecule has 0 aliphatic carbocycles. The molecule has 1 unspecified atom stereocenters. The lowest BCUT2D eigenvalue weighted by molar-refractivity contribution is 0.0711. The van der Waals surface area contributed by atoms with Crippen LogP contribution in [0.4, 0.5) is 5.69 Å². The summed E-state index contributed by atoms with van der Waals surface area (Å²) in [5.41, 5.74) is 0.791. The smallest absolute Gasteiger partial charge is 0.162 e. The molecule has 1 aromatic rings. The van der Waals surface area contributed by atoms with Crippen molar-refractivity contribution in [2.45, 2.75) is 38.3 Å². The molecule has 0 spiro atoms. The van der Waals surface area contributed by atoms with Gasteiger partial charge in [0.25, 0.3) is 0 Å². The largest absolute Gasteiger partial charge is 0.493 e. The van der Waals surface area contributed by atoms with Gasteiger partial charge in [-0.3, -0.25) is 0 Å². The van der Waals surface area contributed by atoms with Crippen molar-refractivity contribution in [2.75, 3.05) is 25.7 Å². The predicted octanol–water partition coefficient (Wildman–Crippen LogP) is 2.44. The zero-order valence-corrected chi connectivity index (χ0v) is 12.1. The fourth-order valence-corrected chi connectivity index (χ4v) is 2.72. The molecule has 1 atom stereocenters. The van der Waals surface area contributed by atoms with Crippen LogP contribution in [0.3, 0.4) is 0 Å². The van der Waals surface area contributed by atoms with E-state index in [1.54, 1.807) is 14.2 Å². The Labute approximate surface area is 114 Å². The minimum Gasteiger partial charge on any atom is -0.493 e. The van der Waals surface area contributed by atoms with Gasteiger partial charge in [0.1, 0.15) is 0 Å². The number of rotatable bonds is 3. The van der Waals surface area contributed by atoms with Crippen LogP contribution in [0.5, 0.6) is 11.5 Å². The lowest BCUT2D eigenvalue weighted by Crippen LogP contribution is -2.56. The van der Waals surface area contributed by atoms with Crippen molar-refractivity contribution < 1.29 is 14.6 Å². The van der Waals surface area contributed by atoms with Crippen molar-refractivity contribution in [3.8, 4) is 11.5 Å². The molecule has 1 fully saturated rings. The number of hydrogen-bond acceptors (Lipinski definition) is 4. The quantitative estimate of drug-likeness (QED) is 0.911. The van der Waals surface area contributed by atoms with Crippen LogP contribution in [0, 0.1) is 0 Å². The van der Waals surface area contributed by atoms with Gasteiger partial charge in [-0.25, -0.2) is 0 Å². The average molecular weight is 265 g/mol. The van der Waals surface area contributed by atoms with Crippen molar-refractivity contribution in [1.82, 2.24) is 0 Å². The summed E-state index contributed by atoms with van der Waals surface area (Å²) in [6, 6.07) is 5.89. The van der Waals surface area contributed by atoms with E-state index < -0.39 is 0 Å². The lowest BCUT2D eigenvalue weighted by Gasteiger charge is -2.47. The van der Waals surface area contributed by atoms with Gasteiger partial charge < -0.3 is 19.5 Å². The van der Waals surface area contributed by atoms with Crippen molar-refractivity contribution in [3.63, 3.8) is 0 Å². The summed E-state index contributed by atoms with van der Waals surface area (Å²) < 4.78 is 10.6. The number of methoxy groups -OCH3 is 2. The number of ether oxygens (including phenoxy) is 2. The van der Waals surface area contributed by atoms with Gasteiger partial charge in [-0.05, 0) is 38.8 Å². The molecular formula is C15H23NO3. The Morgan fingerprint density at radius 1 is 1.21 bits per heavy atom. The van der Waals surface area contributed by atoms with Gasteiger partial charge in [0, 0.05) is 18.3 Å². The SMILES string of the molecule is COc1ccc(N2CCCC(O)C2(C)C)cc1OC. The molecule has 0 aromatic heterocycles. The molecular weight excluding hydrogens is 242 g/mol. The first-order chi connectivity index (χ1) is 9.00. The highest BCUT2D eigenvalue weighted by Gasteiger charge is 2.37. The second-order valence-electron chi connectivity index (χ2n) is 5.50. The maximum Gasteiger partial charge on any atom is 0.162 e. The number of piperidine rings is 1. The Balaban J connectivity index is 2.35. The minimum atomic E-state index is -0.311. The fraction of sp³-hybridized carbons (Fsp3) is 0.600. The van der Waals surface area contributed by atoms with E-state index in [2.05, 4.69) is 18.7 Å². The third-order valence-electron chi connectivity index (χ3n) is 4.05. The Bertz CT molecular complexity index is 445. The summed E-state index contributed by atoms with van der Waals surface area (Å²) in [5, 5.41) is 10.2. The van der Waals surface area contributed by atoms with E-state index in [0.29, 0.717) is 0 Å². The Morgan fingerprint density at radius 3 is 2.53 bits per heavy atom. The summed E-state index contributed by atoms with van der Waals surface area (Å²) in [6.07, 6.45) is 1.55. The van der Waals surface area contributed by atoms with Gasteiger partial charge in [0.2, 0.25) is 0 Å². The minimum absolute atomic E-state index is 0.266. The summed E-state index contributed by atoms with van der Waals surface area (Å²) in [5.74, 6) is 1.44. The molecule has 1 heterocycles. The Morgan fingerprint density at radius 2 is 1.89 bits per heavy atom. The number of nitrogens with zero attached hydrogens (tertiary/aromatic N) is 1. The lowest BCUT2D eigenvalue weighted by atomic mass is 9.87. The first kappa shape index (κ1) is 14.0. The van der Waals surface area contributed by atoms with Gasteiger partial charge in [0.15, 0.2) is 11.5 Å². The summed E-state index contributed by atoms with van der Waals surface area (Å²) >= 11 is 0. The molecule has 1 N–H and O–H groups in total. The number of aliphatic hydroxyl groups excluding tert-OH is 1. The molecule has 4 heteroatoms. The number of aliphatic hydroxyl groups is 1. The van der Waals surface area contributed by atoms with E-state index in [1.165, 1.54) is 0 Å². The molecule has 19 heavy (non-hydrogen) atoms. The predicted molar refractivity (Wildman–Crippen MR) is 76.2 cm³/mol. The van der Waals surface area contributed by atoms with Crippen molar-refractivity contribution >= 4 is 5.69 Å². The molecule has 2 rings (SSSR count). The number of benzene rings is 1. The van der Waals surface area contributed by atoms with E-state index >= 15 is 0 Å². The zero-order chi connectivity index (χ0) is 14.0. The standard InChI is InChI=1S/C15H23NO3/c1-15(2)14(17)6-5-9-16(15)11-7-8-12(18-3)13(10-11)19-4/h7-8,10,14,17H,5-6,9H2,1-4H3. The molecule has 0 amide bonds. The van der Waals surface area contributed by atoms with Crippen LogP contribution in [0.2, 0.25) is 0 Å². The van der Waals surface area contributed by atoms with Crippen LogP contribution >= 0.6 is 0 Å². The molecule has 0 bridgehead atoms. The molecule has 1 aromatic carbocycles. The fourth-order valence-electron chi connectivity index (χ4n) is 2.72. The van der Waals surface area contributed by atoms with Crippen molar-refractivity contribution in [2.24, 2.45) is 0 Å². The van der Waals surface area contributed by atoms with E-state index in [1.807, 2.05) is 18.2 Å². The van der Waals surface area contributed by atoms with Crippen LogP contribution in [0.15, 0.2) is 18.2 Å². The van der Waals surface area contributed by atoms with Gasteiger partial charge in [-0.15, -0.1) is 0 Å². The summed E-state index contributed by atoms with van der Waals surface area (Å²) in [6.45, 7) is 5.10. The molecule has 0 radical (unpaired) electrons. The summed E-state index contributed by atoms with van der Waals surface area (Å²) in [4.78, 5) is 2.24. The van der Waals surface area contributed by atoms with Crippen LogP contribution in [-0.2, 0) is 0 Å². The first-order valence-corrected chi connectivity index (χ1v) is 6.68. The molecule has 106 valence electrons. The van der Waals surface area contributed by atoms with Crippen LogP contribution in [0.1, 0.15) is 26.7 Å². The van der Waals surface area contributed by atoms with E-state index in [0.717, 1.165) is 36.6 Å². The zero-order valence-electron chi connectivity index (χ0n) is 12.1. The molecule has 4 nitrogen and oxygen atoms in total. The number of hydrogen-bond donors (Lipinski definition) is 1. The Kier molecular flexibility index (Phi) is 3.90. The summed E-state index contributed by atoms with van der Waals surface area (Å²) in [7, 11) is 3.27. The van der Waals surface area contributed by atoms with Crippen LogP contribution in [-0.4, -0.2) is 37.5 Å². The third-order valence-corrected chi connectivity index (χ3v) is 4.05. The van der Waals surface area contributed by atoms with Crippen molar-refractivity contribution in [1.29, 1.82) is 0 Å². The normalized spacial score (nSPS) is 22.2. The first-order valence-electron chi connectivity index (χ1n) is 6.68. The van der Waals surface area contributed by atoms with E-state index in [4.69, 9.17) is 9.47 Å². The van der Waals surface area contributed by atoms with Gasteiger partial charge >= 0.3 is 0 Å². The van der Waals surface area contributed by atoms with Crippen molar-refractivity contribution in [3.05, 3.63) is 18.2 Å². The van der Waals surface area contributed by atoms with Crippen LogP contribution < -0.4 is 14.4 Å². The number of anilines is 1. The molecule has 1 aliphatic heterocycles. The molecule has 0 saturated carbocycles. The van der Waals surface area contributed by atoms with Gasteiger partial charge in [-0.1, -0.05) is 0 Å². The highest BCUT2D eigenvalue weighted by Crippen LogP contribution is 2.37. The van der Waals surface area contributed by atoms with Gasteiger partial charge in [-0.2, -0.15) is 0 Å². The second-order valence-corrected chi connectivity index (χ2v) is 5.50. The molecule has 1 saturated heterocycles. The van der Waals surface area contributed by atoms with E-state index in [9.17, 15) is 5.11 Å². The van der Waals surface area contributed by atoms with E-state index in [-0.39, 0.29) is 11.6 Å².